The van der Waals surface area contributed by atoms with Crippen LogP contribution in [0.4, 0.5) is 0 Å². The van der Waals surface area contributed by atoms with Crippen LogP contribution in [0.15, 0.2) is 24.8 Å². The van der Waals surface area contributed by atoms with Gasteiger partial charge in [0.25, 0.3) is 0 Å². The quantitative estimate of drug-likeness (QED) is 0.613. The minimum atomic E-state index is 0. The summed E-state index contributed by atoms with van der Waals surface area (Å²) >= 11 is 0. The van der Waals surface area contributed by atoms with Gasteiger partial charge in [-0.1, -0.05) is 42.5 Å². The Balaban J connectivity index is -0.000000136. The summed E-state index contributed by atoms with van der Waals surface area (Å²) in [5.74, 6) is 0. The first-order chi connectivity index (χ1) is 5.00. The summed E-state index contributed by atoms with van der Waals surface area (Å²) in [4.78, 5) is 7.44. The molecule has 0 spiro atoms. The summed E-state index contributed by atoms with van der Waals surface area (Å²) in [5.41, 5.74) is 0.500. The molecule has 2 nitrogen and oxygen atoms in total. The first-order valence-corrected chi connectivity index (χ1v) is 3.70. The number of nitrogens with zero attached hydrogens (tertiary/aromatic N) is 2. The lowest BCUT2D eigenvalue weighted by atomic mass is 10.0. The van der Waals surface area contributed by atoms with Crippen molar-refractivity contribution in [2.75, 3.05) is 0 Å². The lowest BCUT2D eigenvalue weighted by Crippen LogP contribution is -1.93. The molecule has 0 N–H and O–H groups in total. The first kappa shape index (κ1) is 18.0. The van der Waals surface area contributed by atoms with E-state index in [-0.39, 0.29) is 14.9 Å². The van der Waals surface area contributed by atoms with Crippen LogP contribution in [-0.2, 0) is 0 Å². The van der Waals surface area contributed by atoms with Crippen LogP contribution in [0.2, 0.25) is 0 Å². The highest BCUT2D eigenvalue weighted by molar-refractivity contribution is 4.70. The smallest absolute Gasteiger partial charge is 0.0451 e. The van der Waals surface area contributed by atoms with Crippen LogP contribution in [0.25, 0.3) is 0 Å². The maximum absolute atomic E-state index is 3.72. The minimum Gasteiger partial charge on any atom is -0.262 e. The molecule has 0 bridgehead atoms. The Morgan fingerprint density at radius 2 is 0.846 bits per heavy atom. The summed E-state index contributed by atoms with van der Waals surface area (Å²) in [6.07, 6.45) is 6.56. The highest BCUT2D eigenvalue weighted by Gasteiger charge is 1.95. The Labute approximate surface area is 83.4 Å². The van der Waals surface area contributed by atoms with Crippen molar-refractivity contribution >= 4 is 0 Å². The zero-order valence-electron chi connectivity index (χ0n) is 7.70. The van der Waals surface area contributed by atoms with E-state index in [4.69, 9.17) is 0 Å². The van der Waals surface area contributed by atoms with Crippen molar-refractivity contribution in [2.45, 2.75) is 42.5 Å². The molecule has 13 heavy (non-hydrogen) atoms. The normalized spacial score (nSPS) is 8.31. The second-order valence-electron chi connectivity index (χ2n) is 3.89. The van der Waals surface area contributed by atoms with Gasteiger partial charge in [0.15, 0.2) is 0 Å². The number of rotatable bonds is 0. The maximum Gasteiger partial charge on any atom is 0.0451 e. The fourth-order valence-corrected chi connectivity index (χ4v) is 0.253. The summed E-state index contributed by atoms with van der Waals surface area (Å²) < 4.78 is 0. The second kappa shape index (κ2) is 9.17. The third kappa shape index (κ3) is 35.4. The van der Waals surface area contributed by atoms with Crippen molar-refractivity contribution in [1.29, 1.82) is 0 Å². The Bertz CT molecular complexity index is 132. The molecule has 0 saturated carbocycles. The van der Waals surface area contributed by atoms with Gasteiger partial charge in [0.2, 0.25) is 0 Å². The molecule has 0 aliphatic heterocycles. The lowest BCUT2D eigenvalue weighted by molar-refractivity contribution is 0.469. The maximum atomic E-state index is 3.72. The van der Waals surface area contributed by atoms with E-state index in [2.05, 4.69) is 37.7 Å². The van der Waals surface area contributed by atoms with Gasteiger partial charge in [0, 0.05) is 24.8 Å². The van der Waals surface area contributed by atoms with Gasteiger partial charge < -0.3 is 0 Å². The molecule has 2 heteroatoms. The van der Waals surface area contributed by atoms with Crippen LogP contribution >= 0.6 is 0 Å². The fourth-order valence-electron chi connectivity index (χ4n) is 0.253. The van der Waals surface area contributed by atoms with Crippen molar-refractivity contribution in [3.05, 3.63) is 24.8 Å². The SMILES string of the molecule is C.C.CC(C)(C)C.c1cnccn1. The summed E-state index contributed by atoms with van der Waals surface area (Å²) in [6.45, 7) is 8.75. The predicted octanol–water partition coefficient (Wildman–Crippen LogP) is 3.80. The minimum absolute atomic E-state index is 0. The average Bonchev–Trinajstić information content (AvgIpc) is 1.88. The molecule has 0 atom stereocenters. The van der Waals surface area contributed by atoms with Gasteiger partial charge in [-0.15, -0.1) is 0 Å². The third-order valence-corrected chi connectivity index (χ3v) is 0.478. The topological polar surface area (TPSA) is 25.8 Å². The van der Waals surface area contributed by atoms with Gasteiger partial charge in [0.05, 0.1) is 0 Å². The van der Waals surface area contributed by atoms with Gasteiger partial charge in [-0.05, 0) is 5.41 Å². The molecule has 1 aromatic heterocycles. The van der Waals surface area contributed by atoms with Crippen LogP contribution in [0.3, 0.4) is 0 Å². The van der Waals surface area contributed by atoms with Crippen molar-refractivity contribution in [3.63, 3.8) is 0 Å². The third-order valence-electron chi connectivity index (χ3n) is 0.478. The van der Waals surface area contributed by atoms with E-state index < -0.39 is 0 Å². The van der Waals surface area contributed by atoms with Crippen LogP contribution in [-0.4, -0.2) is 9.97 Å². The molecular weight excluding hydrogens is 160 g/mol. The largest absolute Gasteiger partial charge is 0.262 e. The zero-order valence-corrected chi connectivity index (χ0v) is 7.70. The summed E-state index contributed by atoms with van der Waals surface area (Å²) in [5, 5.41) is 0. The molecule has 0 aromatic carbocycles. The fraction of sp³-hybridized carbons (Fsp3) is 0.636. The molecule has 0 fully saturated rings. The summed E-state index contributed by atoms with van der Waals surface area (Å²) in [6, 6.07) is 0. The van der Waals surface area contributed by atoms with E-state index in [1.165, 1.54) is 0 Å². The Morgan fingerprint density at radius 3 is 0.923 bits per heavy atom. The molecule has 1 heterocycles. The van der Waals surface area contributed by atoms with Crippen molar-refractivity contribution in [1.82, 2.24) is 9.97 Å². The van der Waals surface area contributed by atoms with Gasteiger partial charge >= 0.3 is 0 Å². The van der Waals surface area contributed by atoms with Crippen LogP contribution in [0.1, 0.15) is 42.5 Å². The standard InChI is InChI=1S/C5H12.C4H4N2.2CH4/c1-5(2,3)4;1-2-6-4-3-5-1;;/h1-4H3;1-4H;2*1H4. The molecule has 1 aromatic rings. The number of hydrogen-bond acceptors (Lipinski definition) is 2. The van der Waals surface area contributed by atoms with Gasteiger partial charge in [-0.25, -0.2) is 0 Å². The van der Waals surface area contributed by atoms with Crippen molar-refractivity contribution in [2.24, 2.45) is 5.41 Å². The second-order valence-corrected chi connectivity index (χ2v) is 3.89. The number of hydrogen-bond donors (Lipinski definition) is 0. The van der Waals surface area contributed by atoms with Crippen molar-refractivity contribution in [3.8, 4) is 0 Å². The molecule has 0 amide bonds. The molecule has 0 radical (unpaired) electrons. The predicted molar refractivity (Wildman–Crippen MR) is 60.6 cm³/mol. The van der Waals surface area contributed by atoms with E-state index >= 15 is 0 Å². The van der Waals surface area contributed by atoms with E-state index in [0.29, 0.717) is 5.41 Å². The average molecular weight is 184 g/mol. The van der Waals surface area contributed by atoms with Gasteiger partial charge in [0.1, 0.15) is 0 Å². The monoisotopic (exact) mass is 184 g/mol. The first-order valence-electron chi connectivity index (χ1n) is 3.70. The summed E-state index contributed by atoms with van der Waals surface area (Å²) in [7, 11) is 0. The zero-order chi connectivity index (χ0) is 8.74. The number of aromatic nitrogens is 2. The van der Waals surface area contributed by atoms with Crippen LogP contribution in [0, 0.1) is 5.41 Å². The highest BCUT2D eigenvalue weighted by Crippen LogP contribution is 2.07. The van der Waals surface area contributed by atoms with Crippen LogP contribution in [0.5, 0.6) is 0 Å². The molecule has 1 rings (SSSR count). The van der Waals surface area contributed by atoms with Gasteiger partial charge in [-0.3, -0.25) is 9.97 Å². The molecule has 0 saturated heterocycles. The van der Waals surface area contributed by atoms with Crippen LogP contribution < -0.4 is 0 Å². The van der Waals surface area contributed by atoms with Crippen molar-refractivity contribution < 1.29 is 0 Å². The van der Waals surface area contributed by atoms with E-state index in [0.717, 1.165) is 0 Å². The van der Waals surface area contributed by atoms with E-state index in [1.807, 2.05) is 0 Å². The lowest BCUT2D eigenvalue weighted by Gasteiger charge is -2.05. The Morgan fingerprint density at radius 1 is 0.692 bits per heavy atom. The van der Waals surface area contributed by atoms with E-state index in [1.54, 1.807) is 24.8 Å². The molecule has 0 aliphatic carbocycles. The molecular formula is C11H24N2. The molecule has 0 unspecified atom stereocenters. The molecule has 78 valence electrons. The Hall–Kier alpha value is -0.920. The van der Waals surface area contributed by atoms with E-state index in [9.17, 15) is 0 Å². The highest BCUT2D eigenvalue weighted by atomic mass is 14.7. The van der Waals surface area contributed by atoms with Gasteiger partial charge in [-0.2, -0.15) is 0 Å². The molecule has 0 aliphatic rings. The Kier molecular flexibility index (Phi) is 12.7.